The van der Waals surface area contributed by atoms with Gasteiger partial charge in [0.15, 0.2) is 0 Å². The van der Waals surface area contributed by atoms with Crippen LogP contribution in [0, 0.1) is 6.92 Å². The predicted molar refractivity (Wildman–Crippen MR) is 84.3 cm³/mol. The van der Waals surface area contributed by atoms with E-state index in [0.29, 0.717) is 0 Å². The number of aldehydes is 1. The highest BCUT2D eigenvalue weighted by atomic mass is 35.5. The van der Waals surface area contributed by atoms with Crippen LogP contribution in [0.2, 0.25) is 0 Å². The zero-order valence-corrected chi connectivity index (χ0v) is 13.1. The topological polar surface area (TPSA) is 20.3 Å². The third-order valence-electron chi connectivity index (χ3n) is 3.99. The van der Waals surface area contributed by atoms with E-state index in [1.165, 1.54) is 15.3 Å². The second kappa shape index (κ2) is 5.84. The van der Waals surface area contributed by atoms with Crippen LogP contribution in [0.4, 0.5) is 0 Å². The molecule has 0 aromatic carbocycles. The van der Waals surface area contributed by atoms with Crippen molar-refractivity contribution in [3.8, 4) is 0 Å². The minimum atomic E-state index is -0.201. The Morgan fingerprint density at radius 3 is 2.95 bits per heavy atom. The number of thiophene rings is 1. The zero-order chi connectivity index (χ0) is 14.1. The molecule has 0 bridgehead atoms. The van der Waals surface area contributed by atoms with E-state index in [-0.39, 0.29) is 6.04 Å². The van der Waals surface area contributed by atoms with E-state index in [4.69, 9.17) is 11.6 Å². The Morgan fingerprint density at radius 2 is 2.20 bits per heavy atom. The second-order valence-electron chi connectivity index (χ2n) is 5.40. The zero-order valence-electron chi connectivity index (χ0n) is 11.6. The second-order valence-corrected chi connectivity index (χ2v) is 7.14. The molecule has 2 heterocycles. The van der Waals surface area contributed by atoms with Gasteiger partial charge in [0.1, 0.15) is 6.29 Å². The Balaban J connectivity index is 1.83. The number of aryl methyl sites for hydroxylation is 1. The highest BCUT2D eigenvalue weighted by molar-refractivity contribution is 7.12. The molecule has 1 aromatic rings. The van der Waals surface area contributed by atoms with Crippen molar-refractivity contribution in [1.82, 2.24) is 4.90 Å². The molecular formula is C16H18ClNOS. The summed E-state index contributed by atoms with van der Waals surface area (Å²) in [5.74, 6) is 0. The number of carbonyl (C=O) groups is 1. The highest BCUT2D eigenvalue weighted by Crippen LogP contribution is 2.32. The van der Waals surface area contributed by atoms with Gasteiger partial charge in [-0.3, -0.25) is 4.90 Å². The smallest absolute Gasteiger partial charge is 0.141 e. The van der Waals surface area contributed by atoms with Crippen molar-refractivity contribution in [2.45, 2.75) is 38.8 Å². The van der Waals surface area contributed by atoms with Gasteiger partial charge in [0.25, 0.3) is 0 Å². The fourth-order valence-electron chi connectivity index (χ4n) is 3.02. The Morgan fingerprint density at radius 1 is 1.40 bits per heavy atom. The number of hydrogen-bond donors (Lipinski definition) is 0. The Labute approximate surface area is 128 Å². The van der Waals surface area contributed by atoms with Crippen molar-refractivity contribution in [3.63, 3.8) is 0 Å². The van der Waals surface area contributed by atoms with Gasteiger partial charge < -0.3 is 4.79 Å². The predicted octanol–water partition coefficient (Wildman–Crippen LogP) is 3.83. The van der Waals surface area contributed by atoms with E-state index in [1.807, 2.05) is 17.4 Å². The lowest BCUT2D eigenvalue weighted by atomic mass is 9.97. The molecule has 2 nitrogen and oxygen atoms in total. The Kier molecular flexibility index (Phi) is 4.11. The molecule has 1 aliphatic heterocycles. The largest absolute Gasteiger partial charge is 0.301 e. The van der Waals surface area contributed by atoms with Crippen LogP contribution in [0.15, 0.2) is 28.8 Å². The third kappa shape index (κ3) is 2.62. The molecule has 4 heteroatoms. The standard InChI is InChI=1S/C16H18ClNOS/c1-11-8-12-9-18(7-6-16(12)20-11)15(10-19)13-4-2-3-5-14(13)17/h4-5,8,10,15H,2-3,6-7,9H2,1H3. The molecule has 1 unspecified atom stereocenters. The van der Waals surface area contributed by atoms with Crippen LogP contribution >= 0.6 is 22.9 Å². The minimum absolute atomic E-state index is 0.201. The lowest BCUT2D eigenvalue weighted by Crippen LogP contribution is -2.41. The molecule has 1 atom stereocenters. The number of halogens is 1. The first kappa shape index (κ1) is 14.1. The summed E-state index contributed by atoms with van der Waals surface area (Å²) in [4.78, 5) is 16.7. The Hall–Kier alpha value is -0.900. The van der Waals surface area contributed by atoms with Gasteiger partial charge in [-0.05, 0) is 43.4 Å². The van der Waals surface area contributed by atoms with E-state index in [2.05, 4.69) is 24.0 Å². The molecule has 0 spiro atoms. The molecule has 0 saturated heterocycles. The molecule has 3 rings (SSSR count). The lowest BCUT2D eigenvalue weighted by molar-refractivity contribution is -0.111. The summed E-state index contributed by atoms with van der Waals surface area (Å²) < 4.78 is 0. The lowest BCUT2D eigenvalue weighted by Gasteiger charge is -2.33. The molecule has 1 aromatic heterocycles. The van der Waals surface area contributed by atoms with Gasteiger partial charge in [-0.25, -0.2) is 0 Å². The molecule has 2 aliphatic rings. The van der Waals surface area contributed by atoms with Gasteiger partial charge in [0, 0.05) is 27.9 Å². The first-order chi connectivity index (χ1) is 9.69. The van der Waals surface area contributed by atoms with E-state index in [9.17, 15) is 4.79 Å². The number of carbonyl (C=O) groups excluding carboxylic acids is 1. The van der Waals surface area contributed by atoms with Crippen LogP contribution < -0.4 is 0 Å². The Bertz CT molecular complexity index is 587. The van der Waals surface area contributed by atoms with Crippen molar-refractivity contribution in [2.75, 3.05) is 6.54 Å². The summed E-state index contributed by atoms with van der Waals surface area (Å²) in [6, 6.07) is 2.05. The van der Waals surface area contributed by atoms with Crippen LogP contribution in [0.5, 0.6) is 0 Å². The van der Waals surface area contributed by atoms with Crippen LogP contribution in [0.25, 0.3) is 0 Å². The van der Waals surface area contributed by atoms with E-state index < -0.39 is 0 Å². The monoisotopic (exact) mass is 307 g/mol. The SMILES string of the molecule is Cc1cc2c(s1)CCN(C(C=O)C1=CCCC=C1Cl)C2. The van der Waals surface area contributed by atoms with Crippen molar-refractivity contribution in [1.29, 1.82) is 0 Å². The van der Waals surface area contributed by atoms with E-state index in [0.717, 1.165) is 49.2 Å². The normalized spacial score (nSPS) is 20.9. The maximum Gasteiger partial charge on any atom is 0.141 e. The van der Waals surface area contributed by atoms with Gasteiger partial charge in [0.2, 0.25) is 0 Å². The van der Waals surface area contributed by atoms with Gasteiger partial charge in [-0.2, -0.15) is 0 Å². The number of nitrogens with zero attached hydrogens (tertiary/aromatic N) is 1. The summed E-state index contributed by atoms with van der Waals surface area (Å²) >= 11 is 8.17. The van der Waals surface area contributed by atoms with Gasteiger partial charge >= 0.3 is 0 Å². The van der Waals surface area contributed by atoms with E-state index >= 15 is 0 Å². The summed E-state index contributed by atoms with van der Waals surface area (Å²) in [5.41, 5.74) is 2.37. The average Bonchev–Trinajstić information content (AvgIpc) is 2.81. The van der Waals surface area contributed by atoms with Crippen LogP contribution in [-0.2, 0) is 17.8 Å². The molecule has 0 saturated carbocycles. The highest BCUT2D eigenvalue weighted by Gasteiger charge is 2.28. The molecule has 0 radical (unpaired) electrons. The summed E-state index contributed by atoms with van der Waals surface area (Å²) in [6.07, 6.45) is 8.17. The van der Waals surface area contributed by atoms with Crippen molar-refractivity contribution >= 4 is 29.2 Å². The summed E-state index contributed by atoms with van der Waals surface area (Å²) in [7, 11) is 0. The van der Waals surface area contributed by atoms with Gasteiger partial charge in [-0.1, -0.05) is 23.8 Å². The first-order valence-electron chi connectivity index (χ1n) is 7.02. The van der Waals surface area contributed by atoms with Crippen molar-refractivity contribution < 1.29 is 4.79 Å². The van der Waals surface area contributed by atoms with Crippen LogP contribution in [-0.4, -0.2) is 23.8 Å². The number of allylic oxidation sites excluding steroid dienone is 2. The van der Waals surface area contributed by atoms with Crippen LogP contribution in [0.1, 0.15) is 28.2 Å². The fourth-order valence-corrected chi connectivity index (χ4v) is 4.36. The van der Waals surface area contributed by atoms with Crippen molar-refractivity contribution in [2.24, 2.45) is 0 Å². The van der Waals surface area contributed by atoms with E-state index in [1.54, 1.807) is 0 Å². The minimum Gasteiger partial charge on any atom is -0.301 e. The fraction of sp³-hybridized carbons (Fsp3) is 0.438. The maximum absolute atomic E-state index is 11.6. The quantitative estimate of drug-likeness (QED) is 0.791. The third-order valence-corrected chi connectivity index (χ3v) is 5.52. The number of hydrogen-bond acceptors (Lipinski definition) is 3. The summed E-state index contributed by atoms with van der Waals surface area (Å²) in [5, 5.41) is 0.751. The summed E-state index contributed by atoms with van der Waals surface area (Å²) in [6.45, 7) is 3.93. The molecule has 0 fully saturated rings. The van der Waals surface area contributed by atoms with Crippen molar-refractivity contribution in [3.05, 3.63) is 44.1 Å². The molecule has 0 N–H and O–H groups in total. The first-order valence-corrected chi connectivity index (χ1v) is 8.22. The molecule has 20 heavy (non-hydrogen) atoms. The maximum atomic E-state index is 11.6. The van der Waals surface area contributed by atoms with Gasteiger partial charge in [0.05, 0.1) is 6.04 Å². The number of fused-ring (bicyclic) bond motifs is 1. The average molecular weight is 308 g/mol. The molecule has 1 aliphatic carbocycles. The molecular weight excluding hydrogens is 290 g/mol. The van der Waals surface area contributed by atoms with Crippen LogP contribution in [0.3, 0.4) is 0 Å². The molecule has 0 amide bonds. The number of rotatable bonds is 3. The molecule has 106 valence electrons. The van der Waals surface area contributed by atoms with Gasteiger partial charge in [-0.15, -0.1) is 11.3 Å².